The first-order valence-electron chi connectivity index (χ1n) is 6.45. The predicted octanol–water partition coefficient (Wildman–Crippen LogP) is 5.42. The van der Waals surface area contributed by atoms with Gasteiger partial charge in [0.1, 0.15) is 0 Å². The smallest absolute Gasteiger partial charge is 0.237 e. The van der Waals surface area contributed by atoms with Crippen LogP contribution in [0.15, 0.2) is 47.4 Å². The van der Waals surface area contributed by atoms with E-state index in [1.54, 1.807) is 18.2 Å². The molecule has 0 saturated heterocycles. The summed E-state index contributed by atoms with van der Waals surface area (Å²) in [6.07, 6.45) is 0. The van der Waals surface area contributed by atoms with Crippen LogP contribution in [0, 0.1) is 6.92 Å². The number of amides is 1. The molecule has 0 radical (unpaired) electrons. The van der Waals surface area contributed by atoms with E-state index in [2.05, 4.69) is 5.32 Å². The standard InChI is InChI=1S/C16H15Cl2NOS/c1-10-6-8-12(9-7-10)21-11(2)16(20)19-15-13(17)4-3-5-14(15)18/h3-9,11H,1-2H3,(H,19,20)/t11-/m1/s1. The average Bonchev–Trinajstić information content (AvgIpc) is 2.45. The van der Waals surface area contributed by atoms with Crippen LogP contribution < -0.4 is 5.32 Å². The predicted molar refractivity (Wildman–Crippen MR) is 91.6 cm³/mol. The Morgan fingerprint density at radius 3 is 2.24 bits per heavy atom. The summed E-state index contributed by atoms with van der Waals surface area (Å²) >= 11 is 13.6. The quantitative estimate of drug-likeness (QED) is 0.753. The lowest BCUT2D eigenvalue weighted by Gasteiger charge is -2.14. The number of anilines is 1. The Morgan fingerprint density at radius 2 is 1.67 bits per heavy atom. The van der Waals surface area contributed by atoms with E-state index in [-0.39, 0.29) is 11.2 Å². The molecule has 0 aromatic heterocycles. The highest BCUT2D eigenvalue weighted by atomic mass is 35.5. The molecule has 0 unspecified atom stereocenters. The van der Waals surface area contributed by atoms with E-state index in [0.29, 0.717) is 15.7 Å². The zero-order valence-corrected chi connectivity index (χ0v) is 14.0. The summed E-state index contributed by atoms with van der Waals surface area (Å²) in [6, 6.07) is 13.2. The van der Waals surface area contributed by atoms with Crippen LogP contribution in [0.5, 0.6) is 0 Å². The Balaban J connectivity index is 2.04. The van der Waals surface area contributed by atoms with Crippen molar-refractivity contribution in [2.75, 3.05) is 5.32 Å². The lowest BCUT2D eigenvalue weighted by molar-refractivity contribution is -0.115. The maximum absolute atomic E-state index is 12.2. The summed E-state index contributed by atoms with van der Waals surface area (Å²) in [4.78, 5) is 13.3. The summed E-state index contributed by atoms with van der Waals surface area (Å²) in [5, 5.41) is 3.40. The SMILES string of the molecule is Cc1ccc(S[C@H](C)C(=O)Nc2c(Cl)cccc2Cl)cc1. The number of carbonyl (C=O) groups is 1. The van der Waals surface area contributed by atoms with Gasteiger partial charge in [0.05, 0.1) is 21.0 Å². The van der Waals surface area contributed by atoms with Crippen molar-refractivity contribution < 1.29 is 4.79 Å². The Bertz CT molecular complexity index is 623. The highest BCUT2D eigenvalue weighted by molar-refractivity contribution is 8.00. The van der Waals surface area contributed by atoms with E-state index < -0.39 is 0 Å². The zero-order valence-electron chi connectivity index (χ0n) is 11.7. The van der Waals surface area contributed by atoms with Crippen LogP contribution in [0.2, 0.25) is 10.0 Å². The second-order valence-electron chi connectivity index (χ2n) is 4.66. The Kier molecular flexibility index (Phi) is 5.57. The van der Waals surface area contributed by atoms with Crippen molar-refractivity contribution in [1.29, 1.82) is 0 Å². The van der Waals surface area contributed by atoms with Crippen LogP contribution >= 0.6 is 35.0 Å². The number of rotatable bonds is 4. The minimum atomic E-state index is -0.250. The Hall–Kier alpha value is -1.16. The summed E-state index contributed by atoms with van der Waals surface area (Å²) in [6.45, 7) is 3.88. The molecule has 1 amide bonds. The summed E-state index contributed by atoms with van der Waals surface area (Å²) < 4.78 is 0. The lowest BCUT2D eigenvalue weighted by Crippen LogP contribution is -2.22. The maximum Gasteiger partial charge on any atom is 0.237 e. The van der Waals surface area contributed by atoms with Crippen LogP contribution in [-0.2, 0) is 4.79 Å². The number of hydrogen-bond acceptors (Lipinski definition) is 2. The third-order valence-electron chi connectivity index (χ3n) is 2.91. The largest absolute Gasteiger partial charge is 0.323 e. The van der Waals surface area contributed by atoms with Gasteiger partial charge in [-0.3, -0.25) is 4.79 Å². The molecular weight excluding hydrogens is 325 g/mol. The molecule has 2 nitrogen and oxygen atoms in total. The van der Waals surface area contributed by atoms with Gasteiger partial charge in [-0.25, -0.2) is 0 Å². The van der Waals surface area contributed by atoms with Crippen molar-refractivity contribution in [3.05, 3.63) is 58.1 Å². The maximum atomic E-state index is 12.2. The van der Waals surface area contributed by atoms with Gasteiger partial charge in [-0.1, -0.05) is 47.0 Å². The van der Waals surface area contributed by atoms with Gasteiger partial charge in [-0.2, -0.15) is 0 Å². The van der Waals surface area contributed by atoms with Crippen molar-refractivity contribution in [3.63, 3.8) is 0 Å². The van der Waals surface area contributed by atoms with Crippen LogP contribution in [0.1, 0.15) is 12.5 Å². The molecule has 0 bridgehead atoms. The second-order valence-corrected chi connectivity index (χ2v) is 6.89. The Labute approximate surface area is 138 Å². The van der Waals surface area contributed by atoms with Crippen LogP contribution in [0.25, 0.3) is 0 Å². The van der Waals surface area contributed by atoms with Gasteiger partial charge in [-0.05, 0) is 38.1 Å². The van der Waals surface area contributed by atoms with Crippen molar-refractivity contribution in [2.24, 2.45) is 0 Å². The minimum absolute atomic E-state index is 0.129. The van der Waals surface area contributed by atoms with Gasteiger partial charge >= 0.3 is 0 Å². The molecule has 0 aliphatic carbocycles. The fourth-order valence-electron chi connectivity index (χ4n) is 1.72. The minimum Gasteiger partial charge on any atom is -0.323 e. The van der Waals surface area contributed by atoms with Gasteiger partial charge in [-0.15, -0.1) is 11.8 Å². The molecule has 0 heterocycles. The normalized spacial score (nSPS) is 12.0. The molecule has 5 heteroatoms. The van der Waals surface area contributed by atoms with Crippen molar-refractivity contribution >= 4 is 46.6 Å². The zero-order chi connectivity index (χ0) is 15.4. The lowest BCUT2D eigenvalue weighted by atomic mass is 10.2. The monoisotopic (exact) mass is 339 g/mol. The summed E-state index contributed by atoms with van der Waals surface area (Å²) in [5.74, 6) is -0.129. The number of para-hydroxylation sites is 1. The summed E-state index contributed by atoms with van der Waals surface area (Å²) in [7, 11) is 0. The fourth-order valence-corrected chi connectivity index (χ4v) is 3.08. The number of halogens is 2. The summed E-state index contributed by atoms with van der Waals surface area (Å²) in [5.41, 5.74) is 1.65. The number of carbonyl (C=O) groups excluding carboxylic acids is 1. The molecule has 2 aromatic rings. The van der Waals surface area contributed by atoms with E-state index in [0.717, 1.165) is 4.90 Å². The van der Waals surface area contributed by atoms with Crippen LogP contribution in [0.4, 0.5) is 5.69 Å². The van der Waals surface area contributed by atoms with Crippen LogP contribution in [0.3, 0.4) is 0 Å². The molecule has 21 heavy (non-hydrogen) atoms. The number of aryl methyl sites for hydroxylation is 1. The molecular formula is C16H15Cl2NOS. The van der Waals surface area contributed by atoms with Gasteiger partial charge in [0, 0.05) is 4.90 Å². The third kappa shape index (κ3) is 4.40. The van der Waals surface area contributed by atoms with E-state index in [1.807, 2.05) is 38.1 Å². The number of benzene rings is 2. The Morgan fingerprint density at radius 1 is 1.10 bits per heavy atom. The van der Waals surface area contributed by atoms with Gasteiger partial charge in [0.2, 0.25) is 5.91 Å². The first-order chi connectivity index (χ1) is 9.97. The van der Waals surface area contributed by atoms with E-state index in [1.165, 1.54) is 17.3 Å². The van der Waals surface area contributed by atoms with E-state index >= 15 is 0 Å². The molecule has 2 aromatic carbocycles. The number of nitrogens with one attached hydrogen (secondary N) is 1. The van der Waals surface area contributed by atoms with Crippen molar-refractivity contribution in [3.8, 4) is 0 Å². The molecule has 0 aliphatic heterocycles. The highest BCUT2D eigenvalue weighted by Gasteiger charge is 2.17. The van der Waals surface area contributed by atoms with Gasteiger partial charge < -0.3 is 5.32 Å². The third-order valence-corrected chi connectivity index (χ3v) is 4.66. The van der Waals surface area contributed by atoms with Gasteiger partial charge in [0.15, 0.2) is 0 Å². The van der Waals surface area contributed by atoms with Crippen molar-refractivity contribution in [1.82, 2.24) is 0 Å². The molecule has 1 N–H and O–H groups in total. The number of hydrogen-bond donors (Lipinski definition) is 1. The second kappa shape index (κ2) is 7.21. The molecule has 0 aliphatic rings. The first kappa shape index (κ1) is 16.2. The number of thioether (sulfide) groups is 1. The molecule has 0 saturated carbocycles. The molecule has 0 spiro atoms. The fraction of sp³-hybridized carbons (Fsp3) is 0.188. The van der Waals surface area contributed by atoms with E-state index in [4.69, 9.17) is 23.2 Å². The molecule has 2 rings (SSSR count). The molecule has 1 atom stereocenters. The van der Waals surface area contributed by atoms with Crippen molar-refractivity contribution in [2.45, 2.75) is 24.0 Å². The van der Waals surface area contributed by atoms with Crippen LogP contribution in [-0.4, -0.2) is 11.2 Å². The highest BCUT2D eigenvalue weighted by Crippen LogP contribution is 2.31. The molecule has 0 fully saturated rings. The van der Waals surface area contributed by atoms with E-state index in [9.17, 15) is 4.79 Å². The van der Waals surface area contributed by atoms with Gasteiger partial charge in [0.25, 0.3) is 0 Å². The topological polar surface area (TPSA) is 29.1 Å². The first-order valence-corrected chi connectivity index (χ1v) is 8.09. The molecule has 110 valence electrons. The average molecular weight is 340 g/mol.